The maximum Gasteiger partial charge on any atom is 0.255 e. The molecule has 2 heterocycles. The molecule has 4 rings (SSSR count). The van der Waals surface area contributed by atoms with Crippen molar-refractivity contribution in [1.29, 1.82) is 0 Å². The molecule has 0 bridgehead atoms. The molecule has 0 unspecified atom stereocenters. The van der Waals surface area contributed by atoms with Crippen LogP contribution in [0.5, 0.6) is 5.75 Å². The number of hydrogen-bond acceptors (Lipinski definition) is 6. The molecule has 34 heavy (non-hydrogen) atoms. The van der Waals surface area contributed by atoms with E-state index in [1.54, 1.807) is 42.5 Å². The van der Waals surface area contributed by atoms with E-state index in [-0.39, 0.29) is 28.5 Å². The summed E-state index contributed by atoms with van der Waals surface area (Å²) in [6.07, 6.45) is 1.84. The average Bonchev–Trinajstić information content (AvgIpc) is 2.82. The highest BCUT2D eigenvalue weighted by Gasteiger charge is 2.24. The zero-order valence-corrected chi connectivity index (χ0v) is 20.5. The molecule has 3 N–H and O–H groups in total. The fourth-order valence-corrected chi connectivity index (χ4v) is 5.54. The summed E-state index contributed by atoms with van der Waals surface area (Å²) in [7, 11) is -3.93. The van der Waals surface area contributed by atoms with Gasteiger partial charge in [0.05, 0.1) is 16.1 Å². The van der Waals surface area contributed by atoms with Crippen molar-refractivity contribution in [1.82, 2.24) is 14.6 Å². The van der Waals surface area contributed by atoms with Crippen molar-refractivity contribution >= 4 is 44.0 Å². The second-order valence-electron chi connectivity index (χ2n) is 8.23. The predicted octanol–water partition coefficient (Wildman–Crippen LogP) is 3.02. The summed E-state index contributed by atoms with van der Waals surface area (Å²) in [4.78, 5) is 16.5. The van der Waals surface area contributed by atoms with Gasteiger partial charge in [0.25, 0.3) is 5.56 Å². The topological polar surface area (TPSA) is 112 Å². The minimum absolute atomic E-state index is 0.0256. The van der Waals surface area contributed by atoms with Crippen LogP contribution >= 0.6 is 23.2 Å². The molecule has 2 aromatic carbocycles. The molecule has 0 amide bonds. The molecule has 1 aliphatic rings. The highest BCUT2D eigenvalue weighted by molar-refractivity contribution is 7.89. The van der Waals surface area contributed by atoms with Crippen LogP contribution in [-0.2, 0) is 10.0 Å². The van der Waals surface area contributed by atoms with E-state index in [1.165, 1.54) is 6.20 Å². The third-order valence-corrected chi connectivity index (χ3v) is 7.97. The van der Waals surface area contributed by atoms with Gasteiger partial charge in [-0.3, -0.25) is 4.79 Å². The molecule has 0 saturated carbocycles. The molecular weight excluding hydrogens is 501 g/mol. The van der Waals surface area contributed by atoms with Gasteiger partial charge in [0, 0.05) is 49.2 Å². The first-order chi connectivity index (χ1) is 16.2. The van der Waals surface area contributed by atoms with E-state index in [2.05, 4.69) is 14.6 Å². The molecule has 11 heteroatoms. The fourth-order valence-electron chi connectivity index (χ4n) is 4.00. The molecule has 0 radical (unpaired) electrons. The first-order valence-corrected chi connectivity index (χ1v) is 13.1. The summed E-state index contributed by atoms with van der Waals surface area (Å²) in [6.45, 7) is 1.60. The lowest BCUT2D eigenvalue weighted by atomic mass is 10.1. The fraction of sp³-hybridized carbons (Fsp3) is 0.348. The number of aromatic nitrogens is 1. The smallest absolute Gasteiger partial charge is 0.255 e. The molecule has 1 atom stereocenters. The van der Waals surface area contributed by atoms with Crippen LogP contribution < -0.4 is 15.0 Å². The van der Waals surface area contributed by atoms with Crippen molar-refractivity contribution in [3.63, 3.8) is 0 Å². The minimum Gasteiger partial charge on any atom is -0.490 e. The number of ether oxygens (including phenoxy) is 1. The summed E-state index contributed by atoms with van der Waals surface area (Å²) < 4.78 is 34.1. The van der Waals surface area contributed by atoms with E-state index in [1.807, 2.05) is 0 Å². The van der Waals surface area contributed by atoms with Gasteiger partial charge in [0.15, 0.2) is 0 Å². The third-order valence-electron chi connectivity index (χ3n) is 5.77. The number of β-amino-alcohol motifs (C(OH)–C–C–N with tert-alkyl or cyclic N) is 1. The lowest BCUT2D eigenvalue weighted by Gasteiger charge is -2.33. The van der Waals surface area contributed by atoms with Crippen molar-refractivity contribution in [2.24, 2.45) is 0 Å². The highest BCUT2D eigenvalue weighted by atomic mass is 35.5. The number of nitrogens with one attached hydrogen (secondary N) is 2. The van der Waals surface area contributed by atoms with Crippen LogP contribution in [0.2, 0.25) is 10.0 Å². The van der Waals surface area contributed by atoms with E-state index >= 15 is 0 Å². The van der Waals surface area contributed by atoms with E-state index in [0.717, 1.165) is 12.8 Å². The average molecular weight is 526 g/mol. The van der Waals surface area contributed by atoms with E-state index < -0.39 is 16.1 Å². The van der Waals surface area contributed by atoms with Gasteiger partial charge in [-0.25, -0.2) is 13.1 Å². The summed E-state index contributed by atoms with van der Waals surface area (Å²) in [5, 5.41) is 12.0. The van der Waals surface area contributed by atoms with E-state index in [0.29, 0.717) is 40.8 Å². The number of sulfonamides is 1. The Morgan fingerprint density at radius 2 is 1.82 bits per heavy atom. The van der Waals surface area contributed by atoms with Crippen LogP contribution in [0.1, 0.15) is 12.8 Å². The molecule has 1 aromatic heterocycles. The van der Waals surface area contributed by atoms with Crippen molar-refractivity contribution in [3.05, 3.63) is 69.1 Å². The lowest BCUT2D eigenvalue weighted by molar-refractivity contribution is 0.0630. The monoisotopic (exact) mass is 525 g/mol. The number of piperidine rings is 1. The van der Waals surface area contributed by atoms with Crippen LogP contribution in [0, 0.1) is 0 Å². The molecular formula is C23H25Cl2N3O5S. The number of hydrogen-bond donors (Lipinski definition) is 3. The Hall–Kier alpha value is -2.14. The van der Waals surface area contributed by atoms with Gasteiger partial charge in [-0.2, -0.15) is 0 Å². The largest absolute Gasteiger partial charge is 0.490 e. The minimum atomic E-state index is -3.93. The van der Waals surface area contributed by atoms with Crippen LogP contribution in [-0.4, -0.2) is 61.8 Å². The molecule has 3 aromatic rings. The highest BCUT2D eigenvalue weighted by Crippen LogP contribution is 2.28. The maximum absolute atomic E-state index is 12.8. The van der Waals surface area contributed by atoms with Gasteiger partial charge in [-0.05, 0) is 31.0 Å². The first kappa shape index (κ1) is 25.0. The molecule has 0 aliphatic carbocycles. The van der Waals surface area contributed by atoms with Gasteiger partial charge in [-0.1, -0.05) is 41.4 Å². The number of fused-ring (bicyclic) bond motifs is 1. The Bertz CT molecular complexity index is 1320. The Morgan fingerprint density at radius 1 is 1.12 bits per heavy atom. The summed E-state index contributed by atoms with van der Waals surface area (Å²) in [5.41, 5.74) is -0.360. The van der Waals surface area contributed by atoms with Gasteiger partial charge in [0.1, 0.15) is 16.7 Å². The zero-order valence-electron chi connectivity index (χ0n) is 18.2. The van der Waals surface area contributed by atoms with Crippen LogP contribution in [0.25, 0.3) is 10.8 Å². The number of aliphatic hydroxyl groups is 1. The molecule has 1 fully saturated rings. The molecule has 0 spiro atoms. The first-order valence-electron chi connectivity index (χ1n) is 10.8. The number of pyridine rings is 1. The lowest BCUT2D eigenvalue weighted by Crippen LogP contribution is -2.45. The number of halogens is 2. The number of H-pyrrole nitrogens is 1. The summed E-state index contributed by atoms with van der Waals surface area (Å²) in [6, 6.07) is 11.7. The molecule has 182 valence electrons. The van der Waals surface area contributed by atoms with Crippen LogP contribution in [0.3, 0.4) is 0 Å². The van der Waals surface area contributed by atoms with Gasteiger partial charge in [-0.15, -0.1) is 0 Å². The van der Waals surface area contributed by atoms with Crippen molar-refractivity contribution < 1.29 is 18.3 Å². The number of benzene rings is 2. The molecule has 8 nitrogen and oxygen atoms in total. The van der Waals surface area contributed by atoms with E-state index in [9.17, 15) is 18.3 Å². The SMILES string of the molecule is O=c1[nH]cc(S(=O)(=O)NC[C@@H](O)CN2CCC(Oc3ccc(Cl)c(Cl)c3)CC2)c2ccccc12. The predicted molar refractivity (Wildman–Crippen MR) is 132 cm³/mol. The van der Waals surface area contributed by atoms with Gasteiger partial charge in [0.2, 0.25) is 10.0 Å². The number of nitrogens with zero attached hydrogens (tertiary/aromatic N) is 1. The second-order valence-corrected chi connectivity index (χ2v) is 10.8. The number of rotatable bonds is 8. The number of aromatic amines is 1. The number of likely N-dealkylation sites (tertiary alicyclic amines) is 1. The Labute approximate surface area is 207 Å². The second kappa shape index (κ2) is 10.6. The van der Waals surface area contributed by atoms with Crippen molar-refractivity contribution in [3.8, 4) is 5.75 Å². The van der Waals surface area contributed by atoms with Crippen molar-refractivity contribution in [2.45, 2.75) is 29.9 Å². The van der Waals surface area contributed by atoms with Gasteiger partial charge >= 0.3 is 0 Å². The van der Waals surface area contributed by atoms with Crippen LogP contribution in [0.15, 0.2) is 58.4 Å². The Balaban J connectivity index is 1.28. The standard InChI is InChI=1S/C23H25Cl2N3O5S/c24-20-6-5-17(11-21(20)25)33-16-7-9-28(10-8-16)14-15(29)12-27-34(31,32)22-13-26-23(30)19-4-2-1-3-18(19)22/h1-6,11,13,15-16,27,29H,7-10,12,14H2,(H,26,30)/t15-/m1/s1. The molecule has 1 saturated heterocycles. The zero-order chi connectivity index (χ0) is 24.3. The normalized spacial score (nSPS) is 16.6. The van der Waals surface area contributed by atoms with E-state index in [4.69, 9.17) is 27.9 Å². The number of aliphatic hydroxyl groups excluding tert-OH is 1. The van der Waals surface area contributed by atoms with Crippen molar-refractivity contribution in [2.75, 3.05) is 26.2 Å². The summed E-state index contributed by atoms with van der Waals surface area (Å²) >= 11 is 12.0. The third kappa shape index (κ3) is 5.91. The molecule has 1 aliphatic heterocycles. The van der Waals surface area contributed by atoms with Gasteiger partial charge < -0.3 is 19.7 Å². The quantitative estimate of drug-likeness (QED) is 0.416. The summed E-state index contributed by atoms with van der Waals surface area (Å²) in [5.74, 6) is 0.664. The van der Waals surface area contributed by atoms with Crippen LogP contribution in [0.4, 0.5) is 0 Å². The maximum atomic E-state index is 12.8. The Morgan fingerprint density at radius 3 is 2.53 bits per heavy atom. The Kier molecular flexibility index (Phi) is 7.81.